The van der Waals surface area contributed by atoms with Crippen LogP contribution in [0.15, 0.2) is 36.4 Å². The molecule has 1 unspecified atom stereocenters. The Morgan fingerprint density at radius 3 is 2.32 bits per heavy atom. The standard InChI is InChI=1S/C25H29F3N4O2/c1-23(2,3)24(4)14-16(9-10-29-24)18-13-22-30-17(12-21(25(26,27)28)32(22)31-18)15-7-8-19(33-5)20(11-15)34-6/h7-8,11-14,29H,9-10H2,1-6H3. The van der Waals surface area contributed by atoms with Gasteiger partial charge in [-0.05, 0) is 48.6 Å². The molecule has 3 heterocycles. The normalized spacial score (nSPS) is 19.3. The number of methoxy groups -OCH3 is 2. The summed E-state index contributed by atoms with van der Waals surface area (Å²) in [5.74, 6) is 0.889. The molecule has 1 aliphatic heterocycles. The van der Waals surface area contributed by atoms with Crippen LogP contribution < -0.4 is 14.8 Å². The molecule has 182 valence electrons. The molecule has 6 nitrogen and oxygen atoms in total. The van der Waals surface area contributed by atoms with Crippen molar-refractivity contribution in [2.45, 2.75) is 45.8 Å². The summed E-state index contributed by atoms with van der Waals surface area (Å²) in [5.41, 5.74) is 0.894. The second kappa shape index (κ2) is 8.30. The molecule has 3 aromatic rings. The van der Waals surface area contributed by atoms with Crippen LogP contribution in [0.3, 0.4) is 0 Å². The van der Waals surface area contributed by atoms with Crippen molar-refractivity contribution in [1.82, 2.24) is 19.9 Å². The number of aromatic nitrogens is 3. The number of alkyl halides is 3. The van der Waals surface area contributed by atoms with E-state index in [0.29, 0.717) is 35.7 Å². The minimum absolute atomic E-state index is 0.0895. The largest absolute Gasteiger partial charge is 0.493 e. The van der Waals surface area contributed by atoms with E-state index in [1.807, 2.05) is 0 Å². The second-order valence-corrected chi connectivity index (χ2v) is 9.69. The van der Waals surface area contributed by atoms with Gasteiger partial charge in [0.25, 0.3) is 0 Å². The number of nitrogens with zero attached hydrogens (tertiary/aromatic N) is 3. The molecule has 0 saturated heterocycles. The monoisotopic (exact) mass is 474 g/mol. The lowest BCUT2D eigenvalue weighted by Gasteiger charge is -2.43. The van der Waals surface area contributed by atoms with Crippen LogP contribution in [0.5, 0.6) is 11.5 Å². The number of hydrogen-bond acceptors (Lipinski definition) is 5. The zero-order valence-electron chi connectivity index (χ0n) is 20.2. The van der Waals surface area contributed by atoms with Crippen LogP contribution in [0, 0.1) is 5.41 Å². The molecule has 1 aromatic carbocycles. The SMILES string of the molecule is COc1ccc(-c2cc(C(F)(F)F)n3nc(C4=CC(C)(C(C)(C)C)NCC4)cc3n2)cc1OC. The van der Waals surface area contributed by atoms with Gasteiger partial charge in [0.2, 0.25) is 0 Å². The van der Waals surface area contributed by atoms with Crippen molar-refractivity contribution in [3.8, 4) is 22.8 Å². The van der Waals surface area contributed by atoms with Gasteiger partial charge >= 0.3 is 6.18 Å². The van der Waals surface area contributed by atoms with Crippen LogP contribution in [0.4, 0.5) is 13.2 Å². The van der Waals surface area contributed by atoms with Gasteiger partial charge in [0.1, 0.15) is 0 Å². The van der Waals surface area contributed by atoms with Crippen molar-refractivity contribution in [1.29, 1.82) is 0 Å². The third kappa shape index (κ3) is 4.24. The van der Waals surface area contributed by atoms with E-state index in [-0.39, 0.29) is 22.3 Å². The smallest absolute Gasteiger partial charge is 0.433 e. The molecule has 0 saturated carbocycles. The van der Waals surface area contributed by atoms with E-state index in [2.05, 4.69) is 49.2 Å². The van der Waals surface area contributed by atoms with Crippen LogP contribution in [-0.2, 0) is 6.18 Å². The first kappa shape index (κ1) is 24.1. The molecule has 0 fully saturated rings. The maximum atomic E-state index is 14.1. The zero-order chi connectivity index (χ0) is 24.9. The molecular formula is C25H29F3N4O2. The Morgan fingerprint density at radius 2 is 1.71 bits per heavy atom. The Hall–Kier alpha value is -3.07. The number of ether oxygens (including phenoxy) is 2. The van der Waals surface area contributed by atoms with Crippen molar-refractivity contribution in [2.24, 2.45) is 5.41 Å². The van der Waals surface area contributed by atoms with Crippen molar-refractivity contribution in [3.05, 3.63) is 47.8 Å². The average molecular weight is 475 g/mol. The van der Waals surface area contributed by atoms with Crippen LogP contribution in [0.1, 0.15) is 45.5 Å². The summed E-state index contributed by atoms with van der Waals surface area (Å²) >= 11 is 0. The van der Waals surface area contributed by atoms with Crippen molar-refractivity contribution in [3.63, 3.8) is 0 Å². The van der Waals surface area contributed by atoms with Crippen LogP contribution >= 0.6 is 0 Å². The highest BCUT2D eigenvalue weighted by Crippen LogP contribution is 2.39. The molecule has 0 aliphatic carbocycles. The van der Waals surface area contributed by atoms with Crippen molar-refractivity contribution in [2.75, 3.05) is 20.8 Å². The lowest BCUT2D eigenvalue weighted by Crippen LogP contribution is -2.53. The summed E-state index contributed by atoms with van der Waals surface area (Å²) in [5, 5.41) is 7.87. The highest BCUT2D eigenvalue weighted by Gasteiger charge is 2.38. The van der Waals surface area contributed by atoms with Gasteiger partial charge in [0.15, 0.2) is 22.8 Å². The number of hydrogen-bond donors (Lipinski definition) is 1. The summed E-state index contributed by atoms with van der Waals surface area (Å²) in [6.45, 7) is 9.19. The molecule has 4 rings (SSSR count). The lowest BCUT2D eigenvalue weighted by molar-refractivity contribution is -0.142. The Kier molecular flexibility index (Phi) is 5.88. The minimum atomic E-state index is -4.61. The maximum Gasteiger partial charge on any atom is 0.433 e. The average Bonchev–Trinajstić information content (AvgIpc) is 3.20. The molecule has 0 radical (unpaired) electrons. The molecule has 1 aliphatic rings. The molecule has 1 N–H and O–H groups in total. The molecule has 0 amide bonds. The highest BCUT2D eigenvalue weighted by atomic mass is 19.4. The fourth-order valence-electron chi connectivity index (χ4n) is 4.09. The number of halogens is 3. The van der Waals surface area contributed by atoms with Gasteiger partial charge in [0, 0.05) is 23.7 Å². The fraction of sp³-hybridized carbons (Fsp3) is 0.440. The van der Waals surface area contributed by atoms with Gasteiger partial charge in [-0.1, -0.05) is 26.8 Å². The molecule has 9 heteroatoms. The van der Waals surface area contributed by atoms with Crippen LogP contribution in [0.25, 0.3) is 22.5 Å². The van der Waals surface area contributed by atoms with E-state index < -0.39 is 11.9 Å². The van der Waals surface area contributed by atoms with E-state index in [1.54, 1.807) is 24.3 Å². The fourth-order valence-corrected chi connectivity index (χ4v) is 4.09. The van der Waals surface area contributed by atoms with Gasteiger partial charge in [-0.3, -0.25) is 0 Å². The van der Waals surface area contributed by atoms with Gasteiger partial charge in [0.05, 0.1) is 25.6 Å². The maximum absolute atomic E-state index is 14.1. The predicted octanol–water partition coefficient (Wildman–Crippen LogP) is 5.61. The molecule has 2 aromatic heterocycles. The van der Waals surface area contributed by atoms with E-state index in [0.717, 1.165) is 16.2 Å². The first-order valence-corrected chi connectivity index (χ1v) is 11.0. The van der Waals surface area contributed by atoms with Crippen LogP contribution in [0.2, 0.25) is 0 Å². The van der Waals surface area contributed by atoms with Gasteiger partial charge in [-0.15, -0.1) is 0 Å². The van der Waals surface area contributed by atoms with E-state index in [4.69, 9.17) is 9.47 Å². The summed E-state index contributed by atoms with van der Waals surface area (Å²) < 4.78 is 53.6. The third-order valence-electron chi connectivity index (χ3n) is 6.63. The minimum Gasteiger partial charge on any atom is -0.493 e. The van der Waals surface area contributed by atoms with E-state index in [1.165, 1.54) is 14.2 Å². The topological polar surface area (TPSA) is 60.7 Å². The molecule has 0 spiro atoms. The third-order valence-corrected chi connectivity index (χ3v) is 6.63. The number of nitrogens with one attached hydrogen (secondary N) is 1. The molecular weight excluding hydrogens is 445 g/mol. The molecule has 1 atom stereocenters. The summed E-state index contributed by atoms with van der Waals surface area (Å²) in [6, 6.07) is 7.55. The molecule has 34 heavy (non-hydrogen) atoms. The van der Waals surface area contributed by atoms with E-state index >= 15 is 0 Å². The lowest BCUT2D eigenvalue weighted by atomic mass is 9.72. The van der Waals surface area contributed by atoms with Crippen LogP contribution in [-0.4, -0.2) is 40.9 Å². The Bertz CT molecular complexity index is 1260. The van der Waals surface area contributed by atoms with Gasteiger partial charge in [-0.25, -0.2) is 9.50 Å². The van der Waals surface area contributed by atoms with Gasteiger partial charge in [-0.2, -0.15) is 18.3 Å². The Morgan fingerprint density at radius 1 is 1.00 bits per heavy atom. The number of rotatable bonds is 4. The highest BCUT2D eigenvalue weighted by molar-refractivity contribution is 5.71. The Labute approximate surface area is 196 Å². The second-order valence-electron chi connectivity index (χ2n) is 9.69. The van der Waals surface area contributed by atoms with Crippen molar-refractivity contribution < 1.29 is 22.6 Å². The first-order chi connectivity index (χ1) is 15.9. The summed E-state index contributed by atoms with van der Waals surface area (Å²) in [4.78, 5) is 4.51. The summed E-state index contributed by atoms with van der Waals surface area (Å²) in [7, 11) is 2.97. The quantitative estimate of drug-likeness (QED) is 0.532. The molecule has 0 bridgehead atoms. The zero-order valence-corrected chi connectivity index (χ0v) is 20.2. The number of fused-ring (bicyclic) bond motifs is 1. The van der Waals surface area contributed by atoms with Crippen molar-refractivity contribution >= 4 is 11.2 Å². The van der Waals surface area contributed by atoms with E-state index in [9.17, 15) is 13.2 Å². The Balaban J connectivity index is 1.88. The number of benzene rings is 1. The summed E-state index contributed by atoms with van der Waals surface area (Å²) in [6.07, 6.45) is -1.86. The first-order valence-electron chi connectivity index (χ1n) is 11.0. The predicted molar refractivity (Wildman–Crippen MR) is 125 cm³/mol. The van der Waals surface area contributed by atoms with Gasteiger partial charge < -0.3 is 14.8 Å².